The highest BCUT2D eigenvalue weighted by Crippen LogP contribution is 2.56. The first-order chi connectivity index (χ1) is 12.7. The minimum Gasteiger partial charge on any atom is -0.381 e. The van der Waals surface area contributed by atoms with Crippen molar-refractivity contribution in [3.8, 4) is 0 Å². The fourth-order valence-electron chi connectivity index (χ4n) is 4.23. The molecule has 1 aromatic carbocycles. The quantitative estimate of drug-likeness (QED) is 0.769. The van der Waals surface area contributed by atoms with Crippen LogP contribution in [-0.4, -0.2) is 44.2 Å². The molecule has 2 heterocycles. The third-order valence-corrected chi connectivity index (χ3v) is 5.98. The number of hydrogen-bond donors (Lipinski definition) is 3. The van der Waals surface area contributed by atoms with E-state index < -0.39 is 0 Å². The van der Waals surface area contributed by atoms with Crippen LogP contribution in [0, 0.1) is 11.3 Å². The Labute approximate surface area is 154 Å². The van der Waals surface area contributed by atoms with Crippen molar-refractivity contribution in [1.82, 2.24) is 10.6 Å². The van der Waals surface area contributed by atoms with E-state index in [2.05, 4.69) is 16.0 Å². The van der Waals surface area contributed by atoms with E-state index in [1.165, 1.54) is 0 Å². The van der Waals surface area contributed by atoms with Crippen molar-refractivity contribution in [3.63, 3.8) is 0 Å². The maximum atomic E-state index is 12.5. The molecule has 0 aromatic heterocycles. The Morgan fingerprint density at radius 2 is 1.92 bits per heavy atom. The van der Waals surface area contributed by atoms with Crippen LogP contribution in [0.15, 0.2) is 24.3 Å². The molecule has 2 atom stereocenters. The minimum absolute atomic E-state index is 0.0656. The van der Waals surface area contributed by atoms with Crippen molar-refractivity contribution in [1.29, 1.82) is 0 Å². The van der Waals surface area contributed by atoms with Crippen LogP contribution in [0.25, 0.3) is 0 Å². The molecule has 0 radical (unpaired) electrons. The van der Waals surface area contributed by atoms with Crippen LogP contribution in [0.5, 0.6) is 0 Å². The molecule has 1 aliphatic carbocycles. The van der Waals surface area contributed by atoms with E-state index in [1.54, 1.807) is 12.1 Å². The number of carbonyl (C=O) groups is 2. The molecule has 4 rings (SSSR count). The van der Waals surface area contributed by atoms with E-state index >= 15 is 0 Å². The summed E-state index contributed by atoms with van der Waals surface area (Å²) in [6.45, 7) is 3.42. The number of benzene rings is 1. The predicted octanol–water partition coefficient (Wildman–Crippen LogP) is 1.92. The lowest BCUT2D eigenvalue weighted by Gasteiger charge is -2.23. The minimum atomic E-state index is -0.0656. The van der Waals surface area contributed by atoms with Crippen LogP contribution in [0.3, 0.4) is 0 Å². The molecule has 1 saturated carbocycles. The van der Waals surface area contributed by atoms with Crippen molar-refractivity contribution in [2.24, 2.45) is 11.3 Å². The van der Waals surface area contributed by atoms with Crippen LogP contribution in [0.4, 0.5) is 5.69 Å². The number of nitrogens with one attached hydrogen (secondary N) is 3. The zero-order valence-corrected chi connectivity index (χ0v) is 15.1. The number of piperidine rings is 1. The third kappa shape index (κ3) is 3.76. The number of anilines is 1. The summed E-state index contributed by atoms with van der Waals surface area (Å²) in [7, 11) is 0. The van der Waals surface area contributed by atoms with Crippen LogP contribution >= 0.6 is 0 Å². The summed E-state index contributed by atoms with van der Waals surface area (Å²) in [5.41, 5.74) is 1.56. The van der Waals surface area contributed by atoms with Gasteiger partial charge in [0.05, 0.1) is 0 Å². The fourth-order valence-corrected chi connectivity index (χ4v) is 4.23. The lowest BCUT2D eigenvalue weighted by molar-refractivity contribution is -0.118. The SMILES string of the molecule is O=C(NC1CCOCC1)c1ccc(NC(=O)C2CC23CCCNC3)cc1. The summed E-state index contributed by atoms with van der Waals surface area (Å²) in [6, 6.07) is 7.35. The number of amides is 2. The normalized spacial score (nSPS) is 28.5. The van der Waals surface area contributed by atoms with Gasteiger partial charge in [-0.1, -0.05) is 0 Å². The van der Waals surface area contributed by atoms with Crippen LogP contribution < -0.4 is 16.0 Å². The van der Waals surface area contributed by atoms with E-state index in [4.69, 9.17) is 4.74 Å². The molecule has 6 heteroatoms. The summed E-state index contributed by atoms with van der Waals surface area (Å²) in [6.07, 6.45) is 5.00. The average molecular weight is 357 g/mol. The first-order valence-corrected chi connectivity index (χ1v) is 9.67. The topological polar surface area (TPSA) is 79.5 Å². The maximum Gasteiger partial charge on any atom is 0.251 e. The summed E-state index contributed by atoms with van der Waals surface area (Å²) in [5.74, 6) is 0.157. The smallest absolute Gasteiger partial charge is 0.251 e. The number of ether oxygens (including phenoxy) is 1. The van der Waals surface area contributed by atoms with Crippen molar-refractivity contribution in [3.05, 3.63) is 29.8 Å². The molecule has 2 aliphatic heterocycles. The van der Waals surface area contributed by atoms with Crippen molar-refractivity contribution < 1.29 is 14.3 Å². The Bertz CT molecular complexity index is 661. The zero-order chi connectivity index (χ0) is 18.0. The molecule has 1 aromatic rings. The second-order valence-electron chi connectivity index (χ2n) is 7.83. The van der Waals surface area contributed by atoms with Gasteiger partial charge in [0.25, 0.3) is 5.91 Å². The van der Waals surface area contributed by atoms with Crippen LogP contribution in [0.2, 0.25) is 0 Å². The van der Waals surface area contributed by atoms with Gasteiger partial charge in [-0.05, 0) is 68.3 Å². The molecule has 6 nitrogen and oxygen atoms in total. The van der Waals surface area contributed by atoms with Crippen LogP contribution in [-0.2, 0) is 9.53 Å². The summed E-state index contributed by atoms with van der Waals surface area (Å²) < 4.78 is 5.31. The van der Waals surface area contributed by atoms with Gasteiger partial charge in [-0.2, -0.15) is 0 Å². The fraction of sp³-hybridized carbons (Fsp3) is 0.600. The van der Waals surface area contributed by atoms with Crippen molar-refractivity contribution >= 4 is 17.5 Å². The Balaban J connectivity index is 1.30. The second-order valence-corrected chi connectivity index (χ2v) is 7.83. The van der Waals surface area contributed by atoms with Gasteiger partial charge >= 0.3 is 0 Å². The van der Waals surface area contributed by atoms with E-state index in [1.807, 2.05) is 12.1 Å². The van der Waals surface area contributed by atoms with Gasteiger partial charge in [0, 0.05) is 43.0 Å². The molecule has 0 bridgehead atoms. The lowest BCUT2D eigenvalue weighted by atomic mass is 9.93. The predicted molar refractivity (Wildman–Crippen MR) is 99.0 cm³/mol. The molecule has 3 N–H and O–H groups in total. The third-order valence-electron chi connectivity index (χ3n) is 5.98. The van der Waals surface area contributed by atoms with Gasteiger partial charge in [-0.25, -0.2) is 0 Å². The second kappa shape index (κ2) is 7.37. The first kappa shape index (κ1) is 17.5. The molecule has 2 unspecified atom stereocenters. The molecular formula is C20H27N3O3. The first-order valence-electron chi connectivity index (χ1n) is 9.67. The molecular weight excluding hydrogens is 330 g/mol. The maximum absolute atomic E-state index is 12.5. The van der Waals surface area contributed by atoms with Crippen molar-refractivity contribution in [2.45, 2.75) is 38.1 Å². The van der Waals surface area contributed by atoms with Gasteiger partial charge in [0.15, 0.2) is 0 Å². The highest BCUT2D eigenvalue weighted by molar-refractivity contribution is 5.97. The van der Waals surface area contributed by atoms with Gasteiger partial charge < -0.3 is 20.7 Å². The van der Waals surface area contributed by atoms with E-state index in [9.17, 15) is 9.59 Å². The number of rotatable bonds is 4. The standard InChI is InChI=1S/C20H27N3O3/c24-18(22-16-6-10-26-11-7-16)14-2-4-15(5-3-14)23-19(25)17-12-20(17)8-1-9-21-13-20/h2-5,16-17,21H,1,6-13H2,(H,22,24)(H,23,25). The zero-order valence-electron chi connectivity index (χ0n) is 15.1. The molecule has 3 fully saturated rings. The summed E-state index contributed by atoms with van der Waals surface area (Å²) in [4.78, 5) is 24.8. The largest absolute Gasteiger partial charge is 0.381 e. The van der Waals surface area contributed by atoms with E-state index in [0.29, 0.717) is 18.8 Å². The molecule has 1 spiro atoms. The monoisotopic (exact) mass is 357 g/mol. The van der Waals surface area contributed by atoms with Crippen LogP contribution in [0.1, 0.15) is 42.5 Å². The Kier molecular flexibility index (Phi) is 4.96. The van der Waals surface area contributed by atoms with Gasteiger partial charge in [-0.3, -0.25) is 9.59 Å². The summed E-state index contributed by atoms with van der Waals surface area (Å²) >= 11 is 0. The Morgan fingerprint density at radius 1 is 1.15 bits per heavy atom. The lowest BCUT2D eigenvalue weighted by Crippen LogP contribution is -2.38. The van der Waals surface area contributed by atoms with E-state index in [0.717, 1.165) is 50.9 Å². The highest BCUT2D eigenvalue weighted by Gasteiger charge is 2.57. The van der Waals surface area contributed by atoms with Gasteiger partial charge in [-0.15, -0.1) is 0 Å². The van der Waals surface area contributed by atoms with Gasteiger partial charge in [0.1, 0.15) is 0 Å². The number of hydrogen-bond acceptors (Lipinski definition) is 4. The average Bonchev–Trinajstić information content (AvgIpc) is 3.36. The molecule has 140 valence electrons. The Hall–Kier alpha value is -1.92. The summed E-state index contributed by atoms with van der Waals surface area (Å²) in [5, 5.41) is 9.46. The highest BCUT2D eigenvalue weighted by atomic mass is 16.5. The molecule has 2 amide bonds. The number of carbonyl (C=O) groups excluding carboxylic acids is 2. The molecule has 2 saturated heterocycles. The Morgan fingerprint density at radius 3 is 2.62 bits per heavy atom. The molecule has 26 heavy (non-hydrogen) atoms. The molecule has 3 aliphatic rings. The van der Waals surface area contributed by atoms with E-state index in [-0.39, 0.29) is 29.2 Å². The van der Waals surface area contributed by atoms with Gasteiger partial charge in [0.2, 0.25) is 5.91 Å². The van der Waals surface area contributed by atoms with Crippen molar-refractivity contribution in [2.75, 3.05) is 31.6 Å².